The SMILES string of the molecule is Cc1nn2c(-c3cccc(S(=O)(=O)NC4CCCCC4)c3)nnc2c2ccccc12. The highest BCUT2D eigenvalue weighted by molar-refractivity contribution is 7.89. The predicted molar refractivity (Wildman–Crippen MR) is 116 cm³/mol. The summed E-state index contributed by atoms with van der Waals surface area (Å²) >= 11 is 0. The van der Waals surface area contributed by atoms with Crippen molar-refractivity contribution in [1.29, 1.82) is 0 Å². The van der Waals surface area contributed by atoms with Crippen LogP contribution in [0.1, 0.15) is 37.8 Å². The molecule has 0 atom stereocenters. The summed E-state index contributed by atoms with van der Waals surface area (Å²) in [5.74, 6) is 0.522. The molecule has 7 nitrogen and oxygen atoms in total. The average molecular weight is 422 g/mol. The summed E-state index contributed by atoms with van der Waals surface area (Å²) in [5, 5.41) is 15.3. The van der Waals surface area contributed by atoms with Gasteiger partial charge in [-0.1, -0.05) is 55.7 Å². The van der Waals surface area contributed by atoms with Gasteiger partial charge in [0.25, 0.3) is 0 Å². The molecule has 1 saturated carbocycles. The smallest absolute Gasteiger partial charge is 0.208 e. The number of aromatic nitrogens is 4. The normalized spacial score (nSPS) is 15.8. The van der Waals surface area contributed by atoms with E-state index in [4.69, 9.17) is 0 Å². The third-order valence-corrected chi connectivity index (χ3v) is 7.30. The molecule has 1 N–H and O–H groups in total. The van der Waals surface area contributed by atoms with Crippen LogP contribution in [0.2, 0.25) is 0 Å². The van der Waals surface area contributed by atoms with Crippen molar-refractivity contribution in [3.8, 4) is 11.4 Å². The lowest BCUT2D eigenvalue weighted by Crippen LogP contribution is -2.36. The Morgan fingerprint density at radius 2 is 1.73 bits per heavy atom. The van der Waals surface area contributed by atoms with E-state index in [0.29, 0.717) is 17.0 Å². The quantitative estimate of drug-likeness (QED) is 0.540. The molecule has 0 spiro atoms. The van der Waals surface area contributed by atoms with Crippen LogP contribution < -0.4 is 4.72 Å². The van der Waals surface area contributed by atoms with Crippen molar-refractivity contribution < 1.29 is 8.42 Å². The standard InChI is InChI=1S/C22H23N5O2S/c1-15-19-12-5-6-13-20(19)22-24-23-21(27(22)25-15)16-8-7-11-18(14-16)30(28,29)26-17-9-3-2-4-10-17/h5-8,11-14,17,26H,2-4,9-10H2,1H3. The Hall–Kier alpha value is -2.84. The number of hydrogen-bond donors (Lipinski definition) is 1. The first kappa shape index (κ1) is 19.1. The van der Waals surface area contributed by atoms with Gasteiger partial charge in [-0.05, 0) is 31.9 Å². The van der Waals surface area contributed by atoms with Crippen molar-refractivity contribution in [2.45, 2.75) is 50.0 Å². The van der Waals surface area contributed by atoms with Gasteiger partial charge in [0.05, 0.1) is 10.6 Å². The molecule has 0 radical (unpaired) electrons. The van der Waals surface area contributed by atoms with E-state index in [9.17, 15) is 8.42 Å². The van der Waals surface area contributed by atoms with Gasteiger partial charge in [0.1, 0.15) is 0 Å². The summed E-state index contributed by atoms with van der Waals surface area (Å²) in [5.41, 5.74) is 2.18. The van der Waals surface area contributed by atoms with Crippen LogP contribution in [0.3, 0.4) is 0 Å². The molecule has 0 unspecified atom stereocenters. The van der Waals surface area contributed by atoms with E-state index in [1.165, 1.54) is 6.42 Å². The molecule has 154 valence electrons. The first-order valence-corrected chi connectivity index (χ1v) is 11.7. The van der Waals surface area contributed by atoms with Crippen LogP contribution in [0.5, 0.6) is 0 Å². The molecule has 2 heterocycles. The highest BCUT2D eigenvalue weighted by Gasteiger charge is 2.23. The lowest BCUT2D eigenvalue weighted by molar-refractivity contribution is 0.412. The van der Waals surface area contributed by atoms with E-state index in [2.05, 4.69) is 20.0 Å². The van der Waals surface area contributed by atoms with Gasteiger partial charge >= 0.3 is 0 Å². The van der Waals surface area contributed by atoms with Gasteiger partial charge in [-0.25, -0.2) is 13.1 Å². The van der Waals surface area contributed by atoms with E-state index in [1.54, 1.807) is 22.7 Å². The summed E-state index contributed by atoms with van der Waals surface area (Å²) in [6.45, 7) is 1.94. The molecular formula is C22H23N5O2S. The van der Waals surface area contributed by atoms with Crippen LogP contribution in [0.25, 0.3) is 27.8 Å². The number of rotatable bonds is 4. The maximum Gasteiger partial charge on any atom is 0.240 e. The minimum atomic E-state index is -3.60. The molecule has 0 saturated heterocycles. The predicted octanol–water partition coefficient (Wildman–Crippen LogP) is 3.86. The van der Waals surface area contributed by atoms with Crippen molar-refractivity contribution in [2.75, 3.05) is 0 Å². The number of nitrogens with zero attached hydrogens (tertiary/aromatic N) is 4. The zero-order valence-corrected chi connectivity index (χ0v) is 17.6. The van der Waals surface area contributed by atoms with Gasteiger partial charge < -0.3 is 0 Å². The van der Waals surface area contributed by atoms with Crippen molar-refractivity contribution in [2.24, 2.45) is 0 Å². The van der Waals surface area contributed by atoms with Crippen molar-refractivity contribution in [3.63, 3.8) is 0 Å². The van der Waals surface area contributed by atoms with Gasteiger partial charge in [0.15, 0.2) is 11.5 Å². The molecule has 1 fully saturated rings. The fourth-order valence-corrected chi connectivity index (χ4v) is 5.58. The third-order valence-electron chi connectivity index (χ3n) is 5.78. The number of aryl methyl sites for hydroxylation is 1. The number of hydrogen-bond acceptors (Lipinski definition) is 5. The fraction of sp³-hybridized carbons (Fsp3) is 0.318. The topological polar surface area (TPSA) is 89.3 Å². The highest BCUT2D eigenvalue weighted by atomic mass is 32.2. The number of benzene rings is 2. The summed E-state index contributed by atoms with van der Waals surface area (Å²) in [6, 6.07) is 14.8. The zero-order chi connectivity index (χ0) is 20.7. The molecule has 8 heteroatoms. The second-order valence-electron chi connectivity index (χ2n) is 7.87. The first-order valence-electron chi connectivity index (χ1n) is 10.3. The summed E-state index contributed by atoms with van der Waals surface area (Å²) < 4.78 is 30.5. The Morgan fingerprint density at radius 3 is 2.53 bits per heavy atom. The maximum absolute atomic E-state index is 12.9. The van der Waals surface area contributed by atoms with Crippen LogP contribution in [-0.4, -0.2) is 34.3 Å². The lowest BCUT2D eigenvalue weighted by atomic mass is 9.96. The van der Waals surface area contributed by atoms with E-state index in [1.807, 2.05) is 37.3 Å². The summed E-state index contributed by atoms with van der Waals surface area (Å²) in [4.78, 5) is 0.236. The molecule has 30 heavy (non-hydrogen) atoms. The molecule has 0 bridgehead atoms. The Balaban J connectivity index is 1.56. The van der Waals surface area contributed by atoms with E-state index in [0.717, 1.165) is 42.1 Å². The number of sulfonamides is 1. The second kappa shape index (κ2) is 7.45. The van der Waals surface area contributed by atoms with Crippen molar-refractivity contribution in [1.82, 2.24) is 24.5 Å². The van der Waals surface area contributed by atoms with Crippen LogP contribution in [0.4, 0.5) is 0 Å². The number of nitrogens with one attached hydrogen (secondary N) is 1. The van der Waals surface area contributed by atoms with Gasteiger partial charge in [0, 0.05) is 22.4 Å². The number of fused-ring (bicyclic) bond motifs is 3. The molecule has 2 aromatic heterocycles. The lowest BCUT2D eigenvalue weighted by Gasteiger charge is -2.22. The zero-order valence-electron chi connectivity index (χ0n) is 16.7. The minimum absolute atomic E-state index is 0.0111. The Morgan fingerprint density at radius 1 is 0.967 bits per heavy atom. The van der Waals surface area contributed by atoms with Gasteiger partial charge in [0.2, 0.25) is 10.0 Å². The fourth-order valence-electron chi connectivity index (χ4n) is 4.23. The van der Waals surface area contributed by atoms with Crippen molar-refractivity contribution in [3.05, 3.63) is 54.2 Å². The first-order chi connectivity index (χ1) is 14.5. The molecule has 1 aliphatic carbocycles. The molecule has 1 aliphatic rings. The largest absolute Gasteiger partial charge is 0.240 e. The molecule has 0 aliphatic heterocycles. The monoisotopic (exact) mass is 421 g/mol. The minimum Gasteiger partial charge on any atom is -0.208 e. The van der Waals surface area contributed by atoms with Crippen LogP contribution >= 0.6 is 0 Å². The molecular weight excluding hydrogens is 398 g/mol. The summed E-state index contributed by atoms with van der Waals surface area (Å²) in [6.07, 6.45) is 5.10. The molecule has 5 rings (SSSR count). The Kier molecular flexibility index (Phi) is 4.75. The van der Waals surface area contributed by atoms with E-state index < -0.39 is 10.0 Å². The van der Waals surface area contributed by atoms with Crippen molar-refractivity contribution >= 4 is 26.4 Å². The van der Waals surface area contributed by atoms with Gasteiger partial charge in [-0.3, -0.25) is 0 Å². The van der Waals surface area contributed by atoms with Crippen LogP contribution in [0.15, 0.2) is 53.4 Å². The summed E-state index contributed by atoms with van der Waals surface area (Å²) in [7, 11) is -3.60. The van der Waals surface area contributed by atoms with Crippen LogP contribution in [0, 0.1) is 6.92 Å². The van der Waals surface area contributed by atoms with Gasteiger partial charge in [-0.15, -0.1) is 10.2 Å². The second-order valence-corrected chi connectivity index (χ2v) is 9.59. The third kappa shape index (κ3) is 3.36. The van der Waals surface area contributed by atoms with Crippen LogP contribution in [-0.2, 0) is 10.0 Å². The highest BCUT2D eigenvalue weighted by Crippen LogP contribution is 2.26. The molecule has 4 aromatic rings. The average Bonchev–Trinajstić information content (AvgIpc) is 3.18. The Labute approximate surface area is 175 Å². The molecule has 2 aromatic carbocycles. The van der Waals surface area contributed by atoms with E-state index in [-0.39, 0.29) is 10.9 Å². The molecule has 0 amide bonds. The van der Waals surface area contributed by atoms with E-state index >= 15 is 0 Å². The maximum atomic E-state index is 12.9. The van der Waals surface area contributed by atoms with Gasteiger partial charge in [-0.2, -0.15) is 9.61 Å². The Bertz CT molecular complexity index is 1340.